The van der Waals surface area contributed by atoms with Crippen molar-refractivity contribution in [1.29, 1.82) is 0 Å². The standard InChI is InChI=1S/C17H21NOS/c1-13-8-10-16(11-9-13)17(18)14(2)20(19)12-15-6-4-3-5-7-15/h3-11,14,17H,12,18H2,1-2H3. The first-order chi connectivity index (χ1) is 9.58. The highest BCUT2D eigenvalue weighted by Gasteiger charge is 2.20. The lowest BCUT2D eigenvalue weighted by atomic mass is 10.0. The highest BCUT2D eigenvalue weighted by atomic mass is 32.2. The summed E-state index contributed by atoms with van der Waals surface area (Å²) in [6, 6.07) is 17.8. The Morgan fingerprint density at radius 3 is 2.25 bits per heavy atom. The van der Waals surface area contributed by atoms with Gasteiger partial charge in [0, 0.05) is 22.6 Å². The molecule has 0 aliphatic rings. The maximum absolute atomic E-state index is 12.4. The third kappa shape index (κ3) is 3.78. The van der Waals surface area contributed by atoms with Crippen molar-refractivity contribution in [3.63, 3.8) is 0 Å². The summed E-state index contributed by atoms with van der Waals surface area (Å²) in [6.45, 7) is 4.01. The first-order valence-electron chi connectivity index (χ1n) is 6.81. The van der Waals surface area contributed by atoms with Crippen molar-refractivity contribution in [2.45, 2.75) is 30.9 Å². The summed E-state index contributed by atoms with van der Waals surface area (Å²) in [6.07, 6.45) is 0. The van der Waals surface area contributed by atoms with Crippen LogP contribution in [0.15, 0.2) is 54.6 Å². The van der Waals surface area contributed by atoms with Gasteiger partial charge in [-0.1, -0.05) is 60.2 Å². The quantitative estimate of drug-likeness (QED) is 0.916. The molecule has 0 bridgehead atoms. The van der Waals surface area contributed by atoms with Gasteiger partial charge in [0.15, 0.2) is 0 Å². The van der Waals surface area contributed by atoms with Crippen LogP contribution in [0.5, 0.6) is 0 Å². The molecule has 0 spiro atoms. The van der Waals surface area contributed by atoms with Crippen LogP contribution in [0.1, 0.15) is 29.7 Å². The molecular formula is C17H21NOS. The fourth-order valence-electron chi connectivity index (χ4n) is 2.09. The SMILES string of the molecule is Cc1ccc(C(N)C(C)S(=O)Cc2ccccc2)cc1. The fourth-order valence-corrected chi connectivity index (χ4v) is 3.36. The van der Waals surface area contributed by atoms with Gasteiger partial charge in [0.2, 0.25) is 0 Å². The van der Waals surface area contributed by atoms with Crippen molar-refractivity contribution in [2.75, 3.05) is 0 Å². The van der Waals surface area contributed by atoms with E-state index in [1.165, 1.54) is 5.56 Å². The normalized spacial score (nSPS) is 15.6. The van der Waals surface area contributed by atoms with E-state index in [0.717, 1.165) is 11.1 Å². The Morgan fingerprint density at radius 1 is 1.05 bits per heavy atom. The summed E-state index contributed by atoms with van der Waals surface area (Å²) in [5, 5.41) is -0.0714. The third-order valence-corrected chi connectivity index (χ3v) is 5.27. The van der Waals surface area contributed by atoms with Crippen molar-refractivity contribution in [1.82, 2.24) is 0 Å². The Balaban J connectivity index is 2.04. The number of nitrogens with two attached hydrogens (primary N) is 1. The lowest BCUT2D eigenvalue weighted by Gasteiger charge is -2.20. The largest absolute Gasteiger partial charge is 0.323 e. The van der Waals surface area contributed by atoms with E-state index in [0.29, 0.717) is 5.75 Å². The van der Waals surface area contributed by atoms with E-state index in [4.69, 9.17) is 5.73 Å². The average molecular weight is 287 g/mol. The van der Waals surface area contributed by atoms with Crippen LogP contribution in [-0.4, -0.2) is 9.46 Å². The zero-order valence-corrected chi connectivity index (χ0v) is 12.8. The second-order valence-electron chi connectivity index (χ2n) is 5.15. The molecule has 3 heteroatoms. The molecule has 2 nitrogen and oxygen atoms in total. The zero-order chi connectivity index (χ0) is 14.5. The van der Waals surface area contributed by atoms with E-state index in [-0.39, 0.29) is 11.3 Å². The molecule has 0 radical (unpaired) electrons. The van der Waals surface area contributed by atoms with Gasteiger partial charge < -0.3 is 5.73 Å². The Morgan fingerprint density at radius 2 is 1.65 bits per heavy atom. The van der Waals surface area contributed by atoms with Crippen LogP contribution < -0.4 is 5.73 Å². The molecule has 2 aromatic carbocycles. The molecule has 0 saturated carbocycles. The molecule has 0 aliphatic heterocycles. The summed E-state index contributed by atoms with van der Waals surface area (Å²) in [5.74, 6) is 0.557. The molecule has 0 heterocycles. The molecule has 106 valence electrons. The molecule has 0 aromatic heterocycles. The maximum atomic E-state index is 12.4. The summed E-state index contributed by atoms with van der Waals surface area (Å²) < 4.78 is 12.4. The Kier molecular flexibility index (Phi) is 5.10. The molecule has 0 amide bonds. The fraction of sp³-hybridized carbons (Fsp3) is 0.294. The first kappa shape index (κ1) is 14.9. The van der Waals surface area contributed by atoms with E-state index >= 15 is 0 Å². The number of hydrogen-bond acceptors (Lipinski definition) is 2. The molecular weight excluding hydrogens is 266 g/mol. The van der Waals surface area contributed by atoms with Crippen LogP contribution in [0.2, 0.25) is 0 Å². The Hall–Kier alpha value is -1.45. The third-order valence-electron chi connectivity index (χ3n) is 3.53. The molecule has 20 heavy (non-hydrogen) atoms. The molecule has 3 atom stereocenters. The van der Waals surface area contributed by atoms with E-state index in [1.54, 1.807) is 0 Å². The minimum Gasteiger partial charge on any atom is -0.323 e. The smallest absolute Gasteiger partial charge is 0.0516 e. The van der Waals surface area contributed by atoms with Gasteiger partial charge in [-0.15, -0.1) is 0 Å². The van der Waals surface area contributed by atoms with Gasteiger partial charge in [-0.3, -0.25) is 4.21 Å². The monoisotopic (exact) mass is 287 g/mol. The van der Waals surface area contributed by atoms with Gasteiger partial charge in [0.05, 0.1) is 5.25 Å². The van der Waals surface area contributed by atoms with Gasteiger partial charge in [-0.2, -0.15) is 0 Å². The van der Waals surface area contributed by atoms with Crippen LogP contribution in [0, 0.1) is 6.92 Å². The molecule has 0 aliphatic carbocycles. The Bertz CT molecular complexity index is 565. The molecule has 3 unspecified atom stereocenters. The van der Waals surface area contributed by atoms with E-state index < -0.39 is 10.8 Å². The lowest BCUT2D eigenvalue weighted by Crippen LogP contribution is -2.28. The van der Waals surface area contributed by atoms with E-state index in [9.17, 15) is 4.21 Å². The predicted molar refractivity (Wildman–Crippen MR) is 85.9 cm³/mol. The predicted octanol–water partition coefficient (Wildman–Crippen LogP) is 3.33. The average Bonchev–Trinajstić information content (AvgIpc) is 2.47. The maximum Gasteiger partial charge on any atom is 0.0516 e. The summed E-state index contributed by atoms with van der Waals surface area (Å²) in [5.41, 5.74) is 9.59. The van der Waals surface area contributed by atoms with Crippen molar-refractivity contribution < 1.29 is 4.21 Å². The van der Waals surface area contributed by atoms with Crippen molar-refractivity contribution in [2.24, 2.45) is 5.73 Å². The zero-order valence-electron chi connectivity index (χ0n) is 12.0. The minimum absolute atomic E-state index is 0.0714. The highest BCUT2D eigenvalue weighted by Crippen LogP contribution is 2.20. The summed E-state index contributed by atoms with van der Waals surface area (Å²) >= 11 is 0. The number of hydrogen-bond donors (Lipinski definition) is 1. The first-order valence-corrected chi connectivity index (χ1v) is 8.19. The van der Waals surface area contributed by atoms with Gasteiger partial charge in [0.25, 0.3) is 0 Å². The Labute approximate surface area is 123 Å². The van der Waals surface area contributed by atoms with Crippen molar-refractivity contribution >= 4 is 10.8 Å². The molecule has 2 N–H and O–H groups in total. The second-order valence-corrected chi connectivity index (χ2v) is 6.95. The van der Waals surface area contributed by atoms with Gasteiger partial charge in [-0.05, 0) is 25.0 Å². The molecule has 0 saturated heterocycles. The second kappa shape index (κ2) is 6.82. The van der Waals surface area contributed by atoms with Gasteiger partial charge >= 0.3 is 0 Å². The minimum atomic E-state index is -0.977. The van der Waals surface area contributed by atoms with Crippen molar-refractivity contribution in [3.8, 4) is 0 Å². The van der Waals surface area contributed by atoms with Crippen LogP contribution in [0.3, 0.4) is 0 Å². The topological polar surface area (TPSA) is 43.1 Å². The summed E-state index contributed by atoms with van der Waals surface area (Å²) in [4.78, 5) is 0. The van der Waals surface area contributed by atoms with Crippen LogP contribution in [0.25, 0.3) is 0 Å². The van der Waals surface area contributed by atoms with E-state index in [2.05, 4.69) is 0 Å². The molecule has 2 rings (SSSR count). The molecule has 2 aromatic rings. The van der Waals surface area contributed by atoms with Crippen molar-refractivity contribution in [3.05, 3.63) is 71.3 Å². The number of rotatable bonds is 5. The van der Waals surface area contributed by atoms with Crippen LogP contribution >= 0.6 is 0 Å². The number of benzene rings is 2. The lowest BCUT2D eigenvalue weighted by molar-refractivity contribution is 0.642. The van der Waals surface area contributed by atoms with Gasteiger partial charge in [0.1, 0.15) is 0 Å². The van der Waals surface area contributed by atoms with Crippen LogP contribution in [-0.2, 0) is 16.6 Å². The van der Waals surface area contributed by atoms with Crippen LogP contribution in [0.4, 0.5) is 0 Å². The number of aryl methyl sites for hydroxylation is 1. The highest BCUT2D eigenvalue weighted by molar-refractivity contribution is 7.84. The van der Waals surface area contributed by atoms with Gasteiger partial charge in [-0.25, -0.2) is 0 Å². The molecule has 0 fully saturated rings. The summed E-state index contributed by atoms with van der Waals surface area (Å²) in [7, 11) is -0.977. The van der Waals surface area contributed by atoms with E-state index in [1.807, 2.05) is 68.4 Å².